The Morgan fingerprint density at radius 2 is 2.07 bits per heavy atom. The summed E-state index contributed by atoms with van der Waals surface area (Å²) in [5.74, 6) is -0.552. The van der Waals surface area contributed by atoms with Crippen LogP contribution in [-0.2, 0) is 16.9 Å². The molecular formula is C23H13NO4S. The van der Waals surface area contributed by atoms with Gasteiger partial charge in [-0.3, -0.25) is 0 Å². The fourth-order valence-corrected chi connectivity index (χ4v) is 4.96. The van der Waals surface area contributed by atoms with Crippen molar-refractivity contribution in [3.63, 3.8) is 0 Å². The molecule has 0 aliphatic carbocycles. The molecule has 0 fully saturated rings. The van der Waals surface area contributed by atoms with E-state index in [1.54, 1.807) is 23.5 Å². The van der Waals surface area contributed by atoms with Crippen LogP contribution in [0.2, 0.25) is 0 Å². The maximum atomic E-state index is 12.9. The average molecular weight is 399 g/mol. The highest BCUT2D eigenvalue weighted by Gasteiger charge is 2.51. The van der Waals surface area contributed by atoms with Gasteiger partial charge in [0.25, 0.3) is 0 Å². The van der Waals surface area contributed by atoms with Crippen molar-refractivity contribution in [1.82, 2.24) is 0 Å². The molecule has 0 amide bonds. The van der Waals surface area contributed by atoms with Crippen LogP contribution < -0.4 is 10.4 Å². The summed E-state index contributed by atoms with van der Waals surface area (Å²) in [6, 6.07) is 17.0. The first-order valence-electron chi connectivity index (χ1n) is 9.17. The predicted molar refractivity (Wildman–Crippen MR) is 107 cm³/mol. The molecule has 2 aliphatic heterocycles. The largest absolute Gasteiger partial charge is 0.456 e. The van der Waals surface area contributed by atoms with Crippen LogP contribution in [0.15, 0.2) is 68.5 Å². The first kappa shape index (κ1) is 16.5. The van der Waals surface area contributed by atoms with Crippen molar-refractivity contribution in [2.45, 2.75) is 18.3 Å². The van der Waals surface area contributed by atoms with Crippen LogP contribution in [0.25, 0.3) is 11.0 Å². The number of nitrogens with zero attached hydrogens (tertiary/aromatic N) is 1. The number of para-hydroxylation sites is 1. The van der Waals surface area contributed by atoms with E-state index in [0.717, 1.165) is 22.1 Å². The summed E-state index contributed by atoms with van der Waals surface area (Å²) >= 11 is 1.56. The summed E-state index contributed by atoms with van der Waals surface area (Å²) < 4.78 is 18.5. The molecule has 0 saturated heterocycles. The van der Waals surface area contributed by atoms with Crippen LogP contribution in [0.1, 0.15) is 33.9 Å². The van der Waals surface area contributed by atoms with E-state index < -0.39 is 17.5 Å². The number of hydrogen-bond acceptors (Lipinski definition) is 6. The number of rotatable bonds is 1. The van der Waals surface area contributed by atoms with Crippen molar-refractivity contribution >= 4 is 22.3 Å². The lowest BCUT2D eigenvalue weighted by Crippen LogP contribution is -2.47. The molecule has 2 aromatic carbocycles. The van der Waals surface area contributed by atoms with E-state index in [-0.39, 0.29) is 0 Å². The first-order valence-corrected chi connectivity index (χ1v) is 10.1. The minimum absolute atomic E-state index is 0.361. The van der Waals surface area contributed by atoms with Gasteiger partial charge in [-0.25, -0.2) is 4.79 Å². The fourth-order valence-electron chi connectivity index (χ4n) is 4.25. The topological polar surface area (TPSA) is 72.5 Å². The normalized spacial score (nSPS) is 21.7. The molecule has 6 rings (SSSR count). The Hall–Kier alpha value is -3.40. The van der Waals surface area contributed by atoms with Gasteiger partial charge < -0.3 is 13.9 Å². The van der Waals surface area contributed by atoms with E-state index in [9.17, 15) is 10.1 Å². The lowest BCUT2D eigenvalue weighted by atomic mass is 9.84. The molecule has 0 spiro atoms. The average Bonchev–Trinajstić information content (AvgIpc) is 3.29. The third-order valence-corrected chi connectivity index (χ3v) is 6.26. The molecule has 0 N–H and O–H groups in total. The van der Waals surface area contributed by atoms with Crippen molar-refractivity contribution in [2.75, 3.05) is 0 Å². The van der Waals surface area contributed by atoms with E-state index in [4.69, 9.17) is 13.9 Å². The van der Waals surface area contributed by atoms with Crippen LogP contribution in [0.4, 0.5) is 0 Å². The predicted octanol–water partition coefficient (Wildman–Crippen LogP) is 4.63. The van der Waals surface area contributed by atoms with Gasteiger partial charge in [0.15, 0.2) is 0 Å². The molecule has 0 radical (unpaired) electrons. The van der Waals surface area contributed by atoms with Gasteiger partial charge in [0, 0.05) is 17.4 Å². The molecule has 6 heteroatoms. The van der Waals surface area contributed by atoms with Gasteiger partial charge in [-0.15, -0.1) is 0 Å². The molecule has 0 unspecified atom stereocenters. The van der Waals surface area contributed by atoms with Crippen LogP contribution in [0.5, 0.6) is 5.75 Å². The van der Waals surface area contributed by atoms with E-state index in [1.165, 1.54) is 0 Å². The zero-order valence-corrected chi connectivity index (χ0v) is 15.9. The number of nitriles is 1. The third kappa shape index (κ3) is 2.26. The van der Waals surface area contributed by atoms with Crippen LogP contribution >= 0.6 is 11.3 Å². The van der Waals surface area contributed by atoms with Gasteiger partial charge in [-0.05, 0) is 46.8 Å². The Labute approximate surface area is 169 Å². The van der Waals surface area contributed by atoms with Crippen LogP contribution in [0, 0.1) is 11.3 Å². The molecule has 140 valence electrons. The quantitative estimate of drug-likeness (QED) is 0.436. The van der Waals surface area contributed by atoms with E-state index in [2.05, 4.69) is 6.07 Å². The molecule has 2 atom stereocenters. The Balaban J connectivity index is 1.70. The summed E-state index contributed by atoms with van der Waals surface area (Å²) in [4.78, 5) is 12.9. The van der Waals surface area contributed by atoms with Crippen LogP contribution in [0.3, 0.4) is 0 Å². The highest BCUT2D eigenvalue weighted by molar-refractivity contribution is 7.08. The summed E-state index contributed by atoms with van der Waals surface area (Å²) in [7, 11) is 0. The molecule has 4 aromatic rings. The monoisotopic (exact) mass is 399 g/mol. The summed E-state index contributed by atoms with van der Waals surface area (Å²) in [5, 5.41) is 14.0. The number of benzene rings is 2. The molecule has 4 heterocycles. The highest BCUT2D eigenvalue weighted by atomic mass is 32.1. The second-order valence-corrected chi connectivity index (χ2v) is 7.98. The second-order valence-electron chi connectivity index (χ2n) is 7.20. The molecule has 2 bridgehead atoms. The van der Waals surface area contributed by atoms with Gasteiger partial charge in [-0.1, -0.05) is 18.2 Å². The van der Waals surface area contributed by atoms with E-state index in [0.29, 0.717) is 28.9 Å². The number of hydrogen-bond donors (Lipinski definition) is 0. The zero-order valence-electron chi connectivity index (χ0n) is 15.0. The van der Waals surface area contributed by atoms with Gasteiger partial charge in [0.05, 0.1) is 17.0 Å². The molecule has 2 aliphatic rings. The Kier molecular flexibility index (Phi) is 3.31. The van der Waals surface area contributed by atoms with Gasteiger partial charge in [0.1, 0.15) is 23.0 Å². The zero-order chi connectivity index (χ0) is 19.6. The summed E-state index contributed by atoms with van der Waals surface area (Å²) in [6.45, 7) is 0. The molecule has 29 heavy (non-hydrogen) atoms. The van der Waals surface area contributed by atoms with E-state index in [1.807, 2.05) is 47.2 Å². The van der Waals surface area contributed by atoms with Crippen molar-refractivity contribution in [2.24, 2.45) is 0 Å². The fraction of sp³-hybridized carbons (Fsp3) is 0.130. The molecular weight excluding hydrogens is 386 g/mol. The second kappa shape index (κ2) is 5.80. The van der Waals surface area contributed by atoms with Crippen molar-refractivity contribution in [3.05, 3.63) is 97.5 Å². The number of ether oxygens (including phenoxy) is 2. The highest BCUT2D eigenvalue weighted by Crippen LogP contribution is 2.53. The van der Waals surface area contributed by atoms with Gasteiger partial charge in [0.2, 0.25) is 5.79 Å². The lowest BCUT2D eigenvalue weighted by Gasteiger charge is -2.46. The lowest BCUT2D eigenvalue weighted by molar-refractivity contribution is -0.237. The van der Waals surface area contributed by atoms with Gasteiger partial charge in [-0.2, -0.15) is 16.6 Å². The van der Waals surface area contributed by atoms with Crippen molar-refractivity contribution < 1.29 is 13.9 Å². The third-order valence-electron chi connectivity index (χ3n) is 5.57. The standard InChI is InChI=1S/C23H13NO4S/c24-11-13-5-6-16-14(9-13)10-23(15-7-8-29-12-15)27-20(16)19-21(28-23)17-3-1-2-4-18(17)26-22(19)25/h1-9,12,20H,10H2/t20-,23+/m0/s1. The molecule has 5 nitrogen and oxygen atoms in total. The molecule has 0 saturated carbocycles. The minimum atomic E-state index is -1.06. The van der Waals surface area contributed by atoms with Gasteiger partial charge >= 0.3 is 5.63 Å². The smallest absolute Gasteiger partial charge is 0.346 e. The number of fused-ring (bicyclic) bond motifs is 8. The van der Waals surface area contributed by atoms with Crippen LogP contribution in [-0.4, -0.2) is 0 Å². The SMILES string of the molecule is N#Cc1ccc2c(c1)C[C@]1(c3ccsc3)Oc3c(c(=O)oc4ccccc34)[C@H]2O1. The minimum Gasteiger partial charge on any atom is -0.456 e. The molecule has 2 aromatic heterocycles. The van der Waals surface area contributed by atoms with E-state index >= 15 is 0 Å². The Bertz CT molecular complexity index is 1380. The first-order chi connectivity index (χ1) is 14.2. The Morgan fingerprint density at radius 1 is 1.17 bits per heavy atom. The number of thiophene rings is 1. The maximum Gasteiger partial charge on any atom is 0.346 e. The maximum absolute atomic E-state index is 12.9. The Morgan fingerprint density at radius 3 is 2.90 bits per heavy atom. The summed E-state index contributed by atoms with van der Waals surface area (Å²) in [5.41, 5.74) is 3.63. The summed E-state index contributed by atoms with van der Waals surface area (Å²) in [6.07, 6.45) is -0.185. The van der Waals surface area contributed by atoms with Crippen molar-refractivity contribution in [1.29, 1.82) is 5.26 Å². The van der Waals surface area contributed by atoms with Crippen molar-refractivity contribution in [3.8, 4) is 11.8 Å².